The minimum Gasteiger partial charge on any atom is -0.309 e. The van der Waals surface area contributed by atoms with Gasteiger partial charge in [0.25, 0.3) is 0 Å². The van der Waals surface area contributed by atoms with Crippen molar-refractivity contribution in [3.8, 4) is 159 Å². The zero-order chi connectivity index (χ0) is 77.8. The summed E-state index contributed by atoms with van der Waals surface area (Å²) in [6.07, 6.45) is -5.14. The van der Waals surface area contributed by atoms with Crippen molar-refractivity contribution in [2.24, 2.45) is 0 Å². The summed E-state index contributed by atoms with van der Waals surface area (Å²) in [6.45, 7) is 8.29. The Kier molecular flexibility index (Phi) is 17.3. The Bertz CT molecular complexity index is 6640. The smallest absolute Gasteiger partial charge is 0.309 e. The maximum atomic E-state index is 18.3. The highest BCUT2D eigenvalue weighted by molar-refractivity contribution is 6.14. The lowest BCUT2D eigenvalue weighted by Gasteiger charge is -2.24. The fourth-order valence-corrected chi connectivity index (χ4v) is 15.1. The van der Waals surface area contributed by atoms with Crippen molar-refractivity contribution < 1.29 is 13.2 Å². The van der Waals surface area contributed by atoms with E-state index in [2.05, 4.69) is 4.85 Å². The topological polar surface area (TPSA) is 169 Å². The van der Waals surface area contributed by atoms with Gasteiger partial charge >= 0.3 is 6.18 Å². The van der Waals surface area contributed by atoms with E-state index in [9.17, 15) is 0 Å². The van der Waals surface area contributed by atoms with Crippen molar-refractivity contribution in [3.05, 3.63) is 369 Å². The number of hydrogen-bond donors (Lipinski definition) is 0. The Hall–Kier alpha value is -16.0. The van der Waals surface area contributed by atoms with Crippen molar-refractivity contribution in [1.29, 1.82) is 0 Å². The van der Waals surface area contributed by atoms with Gasteiger partial charge < -0.3 is 9.13 Å². The second-order valence-electron chi connectivity index (χ2n) is 27.8. The first-order valence-corrected chi connectivity index (χ1v) is 37.4. The number of rotatable bonds is 15. The predicted molar refractivity (Wildman–Crippen MR) is 451 cm³/mol. The zero-order valence-electron chi connectivity index (χ0n) is 61.3. The first-order chi connectivity index (χ1) is 57.0. The van der Waals surface area contributed by atoms with Gasteiger partial charge in [0.1, 0.15) is 5.56 Å². The Balaban J connectivity index is 0.872. The minimum absolute atomic E-state index is 0.190. The van der Waals surface area contributed by atoms with E-state index in [1.165, 1.54) is 6.07 Å². The van der Waals surface area contributed by atoms with Crippen LogP contribution in [0.3, 0.4) is 0 Å². The molecule has 0 amide bonds. The number of benzene rings is 14. The molecule has 0 aliphatic carbocycles. The molecule has 0 aliphatic heterocycles. The molecule has 116 heavy (non-hydrogen) atoms. The lowest BCUT2D eigenvalue weighted by atomic mass is 9.96. The van der Waals surface area contributed by atoms with Gasteiger partial charge in [0.05, 0.1) is 40.0 Å². The average molecular weight is 1500 g/mol. The van der Waals surface area contributed by atoms with Gasteiger partial charge in [0.2, 0.25) is 0 Å². The van der Waals surface area contributed by atoms with Crippen LogP contribution in [-0.4, -0.2) is 68.9 Å². The van der Waals surface area contributed by atoms with E-state index in [0.717, 1.165) is 44.5 Å². The molecular formula is C98H58F3N15. The number of alkyl halides is 3. The molecule has 0 fully saturated rings. The summed E-state index contributed by atoms with van der Waals surface area (Å²) in [7, 11) is 0. The Morgan fingerprint density at radius 3 is 0.698 bits per heavy atom. The summed E-state index contributed by atoms with van der Waals surface area (Å²) in [5, 5.41) is 2.23. The molecule has 20 rings (SSSR count). The van der Waals surface area contributed by atoms with Crippen LogP contribution in [0.25, 0.3) is 208 Å². The number of nitrogens with zero attached hydrogens (tertiary/aromatic N) is 15. The van der Waals surface area contributed by atoms with Crippen LogP contribution in [0.5, 0.6) is 0 Å². The monoisotopic (exact) mass is 1500 g/mol. The van der Waals surface area contributed by atoms with E-state index in [1.807, 2.05) is 315 Å². The van der Waals surface area contributed by atoms with Crippen molar-refractivity contribution in [2.75, 3.05) is 0 Å². The second-order valence-corrected chi connectivity index (χ2v) is 27.8. The van der Waals surface area contributed by atoms with Crippen LogP contribution in [0, 0.1) is 6.57 Å². The van der Waals surface area contributed by atoms with E-state index in [4.69, 9.17) is 66.4 Å². The molecule has 546 valence electrons. The number of fused-ring (bicyclic) bond motifs is 6. The van der Waals surface area contributed by atoms with Crippen molar-refractivity contribution in [2.45, 2.75) is 6.18 Å². The van der Waals surface area contributed by atoms with E-state index >= 15 is 13.2 Å². The van der Waals surface area contributed by atoms with E-state index < -0.39 is 11.7 Å². The summed E-state index contributed by atoms with van der Waals surface area (Å²) >= 11 is 0. The number of aromatic nitrogens is 14. The van der Waals surface area contributed by atoms with Crippen molar-refractivity contribution >= 4 is 49.3 Å². The summed E-state index contributed by atoms with van der Waals surface area (Å²) in [4.78, 5) is 65.1. The van der Waals surface area contributed by atoms with Gasteiger partial charge in [0, 0.05) is 93.9 Å². The normalized spacial score (nSPS) is 11.6. The number of hydrogen-bond acceptors (Lipinski definition) is 12. The highest BCUT2D eigenvalue weighted by atomic mass is 19.4. The molecule has 20 aromatic rings. The van der Waals surface area contributed by atoms with Crippen LogP contribution in [-0.2, 0) is 6.18 Å². The molecule has 0 unspecified atom stereocenters. The SMILES string of the molecule is [C-]#[N+]c1cccc(-c2ccc(-n3c4ccc(-c5nc(-c6ccccc6)nc(-c6ccccc6)n5)cc4c4cc(-c5nc(-c6ccccc6)nc(-c6ccccc6)n5)ccc43)c(C(F)(F)F)c2-n2c3ccc(-c4nc(-c5ccccc5)nc(-c5ccccc5)n4)cc3c3cc(-c4nc(-c5ccccc5)nc(-c5ccccc5)n4)ccc32)c1. The highest BCUT2D eigenvalue weighted by Gasteiger charge is 2.41. The standard InChI is InChI=1S/C98H58F3N15/c1-102-73-44-26-43-68(55-73)74-49-54-83(115-79-50-45-69(94-107-86(60-27-10-2-11-28-60)103-87(108-94)61-29-12-3-13-30-61)56-75(79)76-57-70(46-51-80(76)115)95-109-88(62-31-14-4-15-32-62)104-89(110-95)63-33-16-5-17-34-63)84(98(99,100)101)85(74)116-81-52-47-71(96-111-90(64-35-18-6-19-36-64)105-91(112-96)65-37-20-7-21-38-65)58-77(81)78-59-72(48-53-82(78)116)97-113-92(66-39-22-8-23-40-66)106-93(114-97)67-41-24-9-25-42-67/h2-59H. The summed E-state index contributed by atoms with van der Waals surface area (Å²) in [6, 6.07) is 110. The zero-order valence-corrected chi connectivity index (χ0v) is 61.3. The molecule has 0 N–H and O–H groups in total. The van der Waals surface area contributed by atoms with Gasteiger partial charge in [-0.1, -0.05) is 267 Å². The first kappa shape index (κ1) is 69.2. The van der Waals surface area contributed by atoms with Crippen LogP contribution < -0.4 is 0 Å². The molecular weight excluding hydrogens is 1440 g/mol. The fourth-order valence-electron chi connectivity index (χ4n) is 15.1. The largest absolute Gasteiger partial charge is 0.420 e. The Morgan fingerprint density at radius 2 is 0.457 bits per heavy atom. The van der Waals surface area contributed by atoms with E-state index in [1.54, 1.807) is 39.5 Å². The molecule has 6 aromatic heterocycles. The van der Waals surface area contributed by atoms with Gasteiger partial charge in [-0.05, 0) is 90.5 Å². The van der Waals surface area contributed by atoms with Crippen LogP contribution in [0.15, 0.2) is 352 Å². The summed E-state index contributed by atoms with van der Waals surface area (Å²) < 4.78 is 58.4. The molecule has 15 nitrogen and oxygen atoms in total. The van der Waals surface area contributed by atoms with E-state index in [-0.39, 0.29) is 22.6 Å². The Morgan fingerprint density at radius 1 is 0.224 bits per heavy atom. The molecule has 0 bridgehead atoms. The van der Waals surface area contributed by atoms with Gasteiger partial charge in [-0.2, -0.15) is 13.2 Å². The quantitative estimate of drug-likeness (QED) is 0.0892. The van der Waals surface area contributed by atoms with Crippen LogP contribution >= 0.6 is 0 Å². The van der Waals surface area contributed by atoms with Crippen molar-refractivity contribution in [3.63, 3.8) is 0 Å². The van der Waals surface area contributed by atoms with E-state index in [0.29, 0.717) is 141 Å². The highest BCUT2D eigenvalue weighted by Crippen LogP contribution is 2.50. The molecule has 14 aromatic carbocycles. The van der Waals surface area contributed by atoms with Crippen LogP contribution in [0.2, 0.25) is 0 Å². The molecule has 0 saturated carbocycles. The molecule has 0 atom stereocenters. The molecule has 0 saturated heterocycles. The average Bonchev–Trinajstić information content (AvgIpc) is 1.52. The number of halogens is 3. The molecule has 18 heteroatoms. The minimum atomic E-state index is -5.14. The van der Waals surface area contributed by atoms with Gasteiger partial charge in [-0.25, -0.2) is 64.7 Å². The lowest BCUT2D eigenvalue weighted by Crippen LogP contribution is -2.17. The van der Waals surface area contributed by atoms with Crippen LogP contribution in [0.1, 0.15) is 5.56 Å². The molecule has 0 radical (unpaired) electrons. The van der Waals surface area contributed by atoms with Crippen LogP contribution in [0.4, 0.5) is 18.9 Å². The third-order valence-electron chi connectivity index (χ3n) is 20.6. The fraction of sp³-hybridized carbons (Fsp3) is 0.0102. The second kappa shape index (κ2) is 29.0. The van der Waals surface area contributed by atoms with Gasteiger partial charge in [-0.3, -0.25) is 0 Å². The van der Waals surface area contributed by atoms with Gasteiger partial charge in [-0.15, -0.1) is 0 Å². The summed E-state index contributed by atoms with van der Waals surface area (Å²) in [5.74, 6) is 4.75. The molecule has 0 spiro atoms. The molecule has 6 heterocycles. The van der Waals surface area contributed by atoms with Gasteiger partial charge in [0.15, 0.2) is 75.6 Å². The van der Waals surface area contributed by atoms with Crippen molar-refractivity contribution in [1.82, 2.24) is 68.9 Å². The maximum absolute atomic E-state index is 18.3. The summed E-state index contributed by atoms with van der Waals surface area (Å²) in [5.41, 5.74) is 9.38. The lowest BCUT2D eigenvalue weighted by molar-refractivity contribution is -0.137. The molecule has 0 aliphatic rings. The third kappa shape index (κ3) is 12.9. The third-order valence-corrected chi connectivity index (χ3v) is 20.6. The Labute approximate surface area is 661 Å². The maximum Gasteiger partial charge on any atom is 0.420 e. The predicted octanol–water partition coefficient (Wildman–Crippen LogP) is 23.9. The first-order valence-electron chi connectivity index (χ1n) is 37.4.